The summed E-state index contributed by atoms with van der Waals surface area (Å²) in [5.41, 5.74) is 2.89. The second kappa shape index (κ2) is 13.2. The first-order chi connectivity index (χ1) is 18.5. The Morgan fingerprint density at radius 2 is 1.87 bits per heavy atom. The van der Waals surface area contributed by atoms with Crippen LogP contribution in [0.1, 0.15) is 48.9 Å². The molecule has 1 aromatic heterocycles. The summed E-state index contributed by atoms with van der Waals surface area (Å²) < 4.78 is 17.9. The zero-order valence-electron chi connectivity index (χ0n) is 22.0. The number of H-pyrrole nitrogens is 1. The summed E-state index contributed by atoms with van der Waals surface area (Å²) in [6.45, 7) is 0.888. The number of imidazole rings is 1. The van der Waals surface area contributed by atoms with Crippen LogP contribution in [0.15, 0.2) is 67.1 Å². The summed E-state index contributed by atoms with van der Waals surface area (Å²) in [5, 5.41) is 3.00. The maximum atomic E-state index is 13.7. The van der Waals surface area contributed by atoms with E-state index >= 15 is 0 Å². The largest absolute Gasteiger partial charge is 0.497 e. The van der Waals surface area contributed by atoms with Crippen LogP contribution in [0.4, 0.5) is 4.39 Å². The molecule has 1 saturated heterocycles. The van der Waals surface area contributed by atoms with Crippen molar-refractivity contribution < 1.29 is 18.7 Å². The minimum absolute atomic E-state index is 0.0778. The second-order valence-electron chi connectivity index (χ2n) is 10.1. The van der Waals surface area contributed by atoms with E-state index in [1.54, 1.807) is 19.6 Å². The Kier molecular flexibility index (Phi) is 9.51. The number of benzene rings is 2. The molecule has 4 rings (SSSR count). The summed E-state index contributed by atoms with van der Waals surface area (Å²) in [5.74, 6) is 0.488. The molecule has 0 bridgehead atoms. The van der Waals surface area contributed by atoms with Crippen molar-refractivity contribution in [2.75, 3.05) is 26.9 Å². The molecule has 0 aliphatic carbocycles. The number of ether oxygens (including phenoxy) is 1. The molecule has 2 N–H and O–H groups in total. The van der Waals surface area contributed by atoms with Crippen molar-refractivity contribution in [2.24, 2.45) is 0 Å². The predicted octanol–water partition coefficient (Wildman–Crippen LogP) is 4.39. The molecule has 1 aliphatic rings. The molecule has 3 aromatic rings. The number of likely N-dealkylation sites (tertiary alicyclic amines) is 1. The normalized spacial score (nSPS) is 14.9. The van der Waals surface area contributed by atoms with Crippen LogP contribution < -0.4 is 10.1 Å². The van der Waals surface area contributed by atoms with E-state index in [0.29, 0.717) is 32.4 Å². The molecular weight excluding hydrogens is 483 g/mol. The lowest BCUT2D eigenvalue weighted by molar-refractivity contribution is -0.143. The molecule has 7 nitrogen and oxygen atoms in total. The zero-order valence-corrected chi connectivity index (χ0v) is 22.0. The lowest BCUT2D eigenvalue weighted by atomic mass is 9.70. The molecule has 2 amide bonds. The molecule has 0 radical (unpaired) electrons. The number of rotatable bonds is 14. The van der Waals surface area contributed by atoms with Crippen molar-refractivity contribution in [2.45, 2.75) is 56.4 Å². The van der Waals surface area contributed by atoms with Gasteiger partial charge in [0.1, 0.15) is 11.8 Å². The number of carbonyl (C=O) groups excluding carboxylic acids is 2. The minimum atomic E-state index is -0.669. The average Bonchev–Trinajstić information content (AvgIpc) is 3.45. The number of nitrogens with zero attached hydrogens (tertiary/aromatic N) is 2. The Balaban J connectivity index is 1.45. The molecule has 1 atom stereocenters. The maximum absolute atomic E-state index is 13.7. The number of amides is 2. The summed E-state index contributed by atoms with van der Waals surface area (Å²) in [4.78, 5) is 35.4. The number of aryl methyl sites for hydroxylation is 1. The lowest BCUT2D eigenvalue weighted by Crippen LogP contribution is -2.64. The SMILES string of the molecule is COc1ccc(C[C@@H](NC(=O)CCc2cnc[nH]2)C(=O)N2CC(CCCCCF)(c3ccccc3)C2)cc1. The van der Waals surface area contributed by atoms with Crippen molar-refractivity contribution in [3.63, 3.8) is 0 Å². The Bertz CT molecular complexity index is 1150. The Morgan fingerprint density at radius 1 is 1.11 bits per heavy atom. The predicted molar refractivity (Wildman–Crippen MR) is 145 cm³/mol. The average molecular weight is 521 g/mol. The fraction of sp³-hybridized carbons (Fsp3) is 0.433. The van der Waals surface area contributed by atoms with Gasteiger partial charge in [-0.2, -0.15) is 0 Å². The molecular formula is C30H37FN4O3. The van der Waals surface area contributed by atoms with E-state index in [0.717, 1.165) is 36.3 Å². The number of nitrogens with one attached hydrogen (secondary N) is 2. The van der Waals surface area contributed by atoms with Crippen LogP contribution in [0.5, 0.6) is 5.75 Å². The van der Waals surface area contributed by atoms with Gasteiger partial charge in [-0.25, -0.2) is 4.98 Å². The number of halogens is 1. The van der Waals surface area contributed by atoms with Gasteiger partial charge in [-0.1, -0.05) is 55.3 Å². The topological polar surface area (TPSA) is 87.3 Å². The molecule has 38 heavy (non-hydrogen) atoms. The van der Waals surface area contributed by atoms with Crippen LogP contribution in [0.25, 0.3) is 0 Å². The number of unbranched alkanes of at least 4 members (excludes halogenated alkanes) is 2. The van der Waals surface area contributed by atoms with Gasteiger partial charge in [-0.15, -0.1) is 0 Å². The highest BCUT2D eigenvalue weighted by atomic mass is 19.1. The van der Waals surface area contributed by atoms with Crippen molar-refractivity contribution in [1.29, 1.82) is 0 Å². The van der Waals surface area contributed by atoms with Gasteiger partial charge in [0, 0.05) is 43.2 Å². The molecule has 8 heteroatoms. The molecule has 0 unspecified atom stereocenters. The summed E-state index contributed by atoms with van der Waals surface area (Å²) in [6, 6.07) is 17.2. The van der Waals surface area contributed by atoms with Gasteiger partial charge in [-0.05, 0) is 42.5 Å². The van der Waals surface area contributed by atoms with Gasteiger partial charge in [0.05, 0.1) is 20.1 Å². The van der Waals surface area contributed by atoms with E-state index in [2.05, 4.69) is 27.4 Å². The van der Waals surface area contributed by atoms with E-state index in [4.69, 9.17) is 4.74 Å². The summed E-state index contributed by atoms with van der Waals surface area (Å²) in [7, 11) is 1.61. The van der Waals surface area contributed by atoms with E-state index in [1.165, 1.54) is 5.56 Å². The van der Waals surface area contributed by atoms with Crippen LogP contribution in [0.3, 0.4) is 0 Å². The maximum Gasteiger partial charge on any atom is 0.245 e. The number of alkyl halides is 1. The first-order valence-electron chi connectivity index (χ1n) is 13.3. The van der Waals surface area contributed by atoms with Crippen molar-refractivity contribution in [1.82, 2.24) is 20.2 Å². The van der Waals surface area contributed by atoms with E-state index in [-0.39, 0.29) is 30.3 Å². The van der Waals surface area contributed by atoms with Crippen molar-refractivity contribution >= 4 is 11.8 Å². The highest BCUT2D eigenvalue weighted by Gasteiger charge is 2.47. The molecule has 1 aliphatic heterocycles. The minimum Gasteiger partial charge on any atom is -0.497 e. The van der Waals surface area contributed by atoms with Crippen LogP contribution in [0, 0.1) is 0 Å². The van der Waals surface area contributed by atoms with Gasteiger partial charge in [0.25, 0.3) is 0 Å². The fourth-order valence-corrected chi connectivity index (χ4v) is 5.21. The molecule has 202 valence electrons. The first kappa shape index (κ1) is 27.4. The van der Waals surface area contributed by atoms with Crippen LogP contribution in [0.2, 0.25) is 0 Å². The highest BCUT2D eigenvalue weighted by Crippen LogP contribution is 2.39. The fourth-order valence-electron chi connectivity index (χ4n) is 5.21. The van der Waals surface area contributed by atoms with E-state index in [1.807, 2.05) is 47.4 Å². The second-order valence-corrected chi connectivity index (χ2v) is 10.1. The molecule has 0 spiro atoms. The van der Waals surface area contributed by atoms with Crippen LogP contribution >= 0.6 is 0 Å². The first-order valence-corrected chi connectivity index (χ1v) is 13.3. The highest BCUT2D eigenvalue weighted by molar-refractivity contribution is 5.88. The number of methoxy groups -OCH3 is 1. The van der Waals surface area contributed by atoms with Crippen molar-refractivity contribution in [3.05, 3.63) is 83.9 Å². The summed E-state index contributed by atoms with van der Waals surface area (Å²) in [6.07, 6.45) is 7.69. The molecule has 0 saturated carbocycles. The van der Waals surface area contributed by atoms with Crippen molar-refractivity contribution in [3.8, 4) is 5.75 Å². The van der Waals surface area contributed by atoms with Gasteiger partial charge in [0.15, 0.2) is 0 Å². The van der Waals surface area contributed by atoms with E-state index in [9.17, 15) is 14.0 Å². The third-order valence-electron chi connectivity index (χ3n) is 7.38. The molecule has 2 aromatic carbocycles. The van der Waals surface area contributed by atoms with E-state index < -0.39 is 6.04 Å². The Labute approximate surface area is 223 Å². The smallest absolute Gasteiger partial charge is 0.245 e. The third-order valence-corrected chi connectivity index (χ3v) is 7.38. The number of aromatic amines is 1. The standard InChI is InChI=1S/C30H37FN4O3/c1-38-26-13-10-23(11-14-26)18-27(34-28(36)15-12-25-19-32-22-33-25)29(37)35-20-30(21-35,16-6-3-7-17-31)24-8-4-2-5-9-24/h2,4-5,8-11,13-14,19,22,27H,3,6-7,12,15-18,20-21H2,1H3,(H,32,33)(H,34,36)/t27-/m1/s1. The summed E-state index contributed by atoms with van der Waals surface area (Å²) >= 11 is 0. The van der Waals surface area contributed by atoms with Gasteiger partial charge >= 0.3 is 0 Å². The number of carbonyl (C=O) groups is 2. The van der Waals surface area contributed by atoms with Crippen LogP contribution in [-0.4, -0.2) is 59.6 Å². The number of hydrogen-bond acceptors (Lipinski definition) is 4. The Hall–Kier alpha value is -3.68. The Morgan fingerprint density at radius 3 is 2.53 bits per heavy atom. The third kappa shape index (κ3) is 7.00. The monoisotopic (exact) mass is 520 g/mol. The van der Waals surface area contributed by atoms with Gasteiger partial charge in [-0.3, -0.25) is 14.0 Å². The number of hydrogen-bond donors (Lipinski definition) is 2. The van der Waals surface area contributed by atoms with Gasteiger partial charge < -0.3 is 19.9 Å². The quantitative estimate of drug-likeness (QED) is 0.309. The number of aromatic nitrogens is 2. The molecule has 2 heterocycles. The zero-order chi connectivity index (χ0) is 26.8. The van der Waals surface area contributed by atoms with Crippen LogP contribution in [-0.2, 0) is 27.8 Å². The van der Waals surface area contributed by atoms with Gasteiger partial charge in [0.2, 0.25) is 11.8 Å². The molecule has 1 fully saturated rings. The lowest BCUT2D eigenvalue weighted by Gasteiger charge is -2.52.